The van der Waals surface area contributed by atoms with Crippen LogP contribution in [0.1, 0.15) is 48.0 Å². The third kappa shape index (κ3) is 5.09. The molecule has 0 aromatic carbocycles. The maximum Gasteiger partial charge on any atom is 2.00 e. The molecule has 16 heavy (non-hydrogen) atoms. The summed E-state index contributed by atoms with van der Waals surface area (Å²) in [6.45, 7) is 15.4. The molecule has 2 atom stereocenters. The Morgan fingerprint density at radius 1 is 1.19 bits per heavy atom. The Kier molecular flexibility index (Phi) is 7.20. The minimum atomic E-state index is 0. The number of hydrogen-bond acceptors (Lipinski definition) is 1. The number of piperazine rings is 1. The Morgan fingerprint density at radius 2 is 1.69 bits per heavy atom. The van der Waals surface area contributed by atoms with Gasteiger partial charge >= 0.3 is 31.1 Å². The van der Waals surface area contributed by atoms with Gasteiger partial charge in [-0.2, -0.15) is 20.8 Å². The van der Waals surface area contributed by atoms with Gasteiger partial charge in [0.05, 0.1) is 0 Å². The second-order valence-electron chi connectivity index (χ2n) is 6.23. The Hall–Kier alpha value is 0.972. The van der Waals surface area contributed by atoms with E-state index in [1.54, 1.807) is 0 Å². The van der Waals surface area contributed by atoms with Crippen LogP contribution in [0.3, 0.4) is 0 Å². The average Bonchev–Trinajstić information content (AvgIpc) is 2.60. The van der Waals surface area contributed by atoms with Gasteiger partial charge in [-0.3, -0.25) is 4.90 Å². The molecule has 92 valence electrons. The molecular weight excluding hydrogens is 422 g/mol. The molecular formula is C13H26N2U. The fourth-order valence-electron chi connectivity index (χ4n) is 2.29. The Balaban J connectivity index is 0.000000397. The summed E-state index contributed by atoms with van der Waals surface area (Å²) < 4.78 is 0. The second-order valence-corrected chi connectivity index (χ2v) is 6.23. The zero-order valence-corrected chi connectivity index (χ0v) is 15.8. The van der Waals surface area contributed by atoms with E-state index in [-0.39, 0.29) is 31.1 Å². The van der Waals surface area contributed by atoms with Gasteiger partial charge in [0.2, 0.25) is 0 Å². The smallest absolute Gasteiger partial charge is 0.657 e. The van der Waals surface area contributed by atoms with Gasteiger partial charge in [0, 0.05) is 5.54 Å². The quantitative estimate of drug-likeness (QED) is 0.521. The SMILES string of the molecule is CC(C)(C)N1C[C@@H]2C[C@H]1C[N-]2.C[C-](C)C.[U+2]. The van der Waals surface area contributed by atoms with E-state index in [4.69, 9.17) is 0 Å². The molecule has 0 aliphatic carbocycles. The fraction of sp³-hybridized carbons (Fsp3) is 0.923. The molecule has 0 amide bonds. The van der Waals surface area contributed by atoms with Crippen molar-refractivity contribution < 1.29 is 31.1 Å². The van der Waals surface area contributed by atoms with Crippen molar-refractivity contribution in [2.24, 2.45) is 0 Å². The van der Waals surface area contributed by atoms with E-state index < -0.39 is 0 Å². The average molecular weight is 448 g/mol. The molecule has 2 saturated heterocycles. The molecule has 2 fully saturated rings. The molecule has 2 rings (SSSR count). The topological polar surface area (TPSA) is 17.3 Å². The van der Waals surface area contributed by atoms with Crippen molar-refractivity contribution in [2.45, 2.75) is 65.6 Å². The van der Waals surface area contributed by atoms with Crippen molar-refractivity contribution >= 4 is 0 Å². The Bertz CT molecular complexity index is 196. The molecule has 0 N–H and O–H groups in total. The van der Waals surface area contributed by atoms with E-state index in [1.165, 1.54) is 18.9 Å². The van der Waals surface area contributed by atoms with Crippen LogP contribution < -0.4 is 0 Å². The van der Waals surface area contributed by atoms with Gasteiger partial charge in [0.15, 0.2) is 0 Å². The van der Waals surface area contributed by atoms with Crippen molar-refractivity contribution in [3.63, 3.8) is 0 Å². The normalized spacial score (nSPS) is 28.7. The minimum Gasteiger partial charge on any atom is -0.657 e. The molecule has 2 nitrogen and oxygen atoms in total. The van der Waals surface area contributed by atoms with Gasteiger partial charge in [0.25, 0.3) is 0 Å². The van der Waals surface area contributed by atoms with Gasteiger partial charge in [0.1, 0.15) is 0 Å². The fourth-order valence-corrected chi connectivity index (χ4v) is 2.29. The van der Waals surface area contributed by atoms with E-state index >= 15 is 0 Å². The van der Waals surface area contributed by atoms with E-state index in [0.717, 1.165) is 12.6 Å². The van der Waals surface area contributed by atoms with Gasteiger partial charge < -0.3 is 11.2 Å². The van der Waals surface area contributed by atoms with Crippen LogP contribution in [0.4, 0.5) is 0 Å². The monoisotopic (exact) mass is 448 g/mol. The van der Waals surface area contributed by atoms with Crippen LogP contribution in [0.5, 0.6) is 0 Å². The number of likely N-dealkylation sites (tertiary alicyclic amines) is 1. The first-order valence-electron chi connectivity index (χ1n) is 6.01. The third-order valence-electron chi connectivity index (χ3n) is 2.83. The van der Waals surface area contributed by atoms with Crippen LogP contribution in [0.15, 0.2) is 0 Å². The largest absolute Gasteiger partial charge is 2.00 e. The van der Waals surface area contributed by atoms with Crippen molar-refractivity contribution in [3.05, 3.63) is 11.2 Å². The minimum absolute atomic E-state index is 0. The van der Waals surface area contributed by atoms with Crippen LogP contribution in [-0.2, 0) is 0 Å². The molecule has 0 unspecified atom stereocenters. The summed E-state index contributed by atoms with van der Waals surface area (Å²) in [5.41, 5.74) is 0.357. The van der Waals surface area contributed by atoms with Crippen LogP contribution in [0, 0.1) is 37.0 Å². The van der Waals surface area contributed by atoms with Gasteiger partial charge in [-0.1, -0.05) is 6.42 Å². The zero-order chi connectivity index (χ0) is 11.6. The first-order valence-corrected chi connectivity index (χ1v) is 6.01. The summed E-state index contributed by atoms with van der Waals surface area (Å²) in [7, 11) is 0. The summed E-state index contributed by atoms with van der Waals surface area (Å²) in [5, 5.41) is 4.53. The maximum atomic E-state index is 4.53. The summed E-state index contributed by atoms with van der Waals surface area (Å²) in [5.74, 6) is 1.42. The van der Waals surface area contributed by atoms with Crippen molar-refractivity contribution in [1.82, 2.24) is 4.90 Å². The number of nitrogens with zero attached hydrogens (tertiary/aromatic N) is 2. The molecule has 2 bridgehead atoms. The molecule has 0 radical (unpaired) electrons. The first kappa shape index (κ1) is 17.0. The Labute approximate surface area is 125 Å². The third-order valence-corrected chi connectivity index (χ3v) is 2.83. The van der Waals surface area contributed by atoms with Gasteiger partial charge in [-0.25, -0.2) is 0 Å². The summed E-state index contributed by atoms with van der Waals surface area (Å²) in [6, 6.07) is 1.43. The standard InChI is InChI=1S/C9H17N2.C4H9.U/c1-9(2,3)11-6-7-4-8(11)5-10-7;1-4(2)3;/h7-8H,4-6H2,1-3H3;1-3H3;/q2*-1;+2/t7-,8-;;/m0../s1. The van der Waals surface area contributed by atoms with Crippen molar-refractivity contribution in [2.75, 3.05) is 13.1 Å². The van der Waals surface area contributed by atoms with E-state index in [2.05, 4.69) is 51.8 Å². The molecule has 0 spiro atoms. The van der Waals surface area contributed by atoms with Crippen LogP contribution in [0.2, 0.25) is 0 Å². The van der Waals surface area contributed by atoms with Crippen molar-refractivity contribution in [1.29, 1.82) is 0 Å². The maximum absolute atomic E-state index is 4.53. The van der Waals surface area contributed by atoms with Crippen LogP contribution >= 0.6 is 0 Å². The first-order chi connectivity index (χ1) is 6.80. The number of hydrogen-bond donors (Lipinski definition) is 0. The number of rotatable bonds is 0. The second kappa shape index (κ2) is 6.78. The molecule has 2 aliphatic heterocycles. The zero-order valence-electron chi connectivity index (χ0n) is 11.7. The predicted molar refractivity (Wildman–Crippen MR) is 67.1 cm³/mol. The summed E-state index contributed by atoms with van der Waals surface area (Å²) >= 11 is 0. The van der Waals surface area contributed by atoms with Gasteiger partial charge in [-0.05, 0) is 33.4 Å². The number of fused-ring (bicyclic) bond motifs is 2. The molecule has 2 heterocycles. The van der Waals surface area contributed by atoms with Crippen LogP contribution in [-0.4, -0.2) is 35.6 Å². The van der Waals surface area contributed by atoms with Gasteiger partial charge in [-0.15, -0.1) is 12.6 Å². The predicted octanol–water partition coefficient (Wildman–Crippen LogP) is 3.24. The van der Waals surface area contributed by atoms with Crippen LogP contribution in [0.25, 0.3) is 5.32 Å². The molecule has 3 heteroatoms. The summed E-state index contributed by atoms with van der Waals surface area (Å²) in [4.78, 5) is 2.60. The molecule has 2 aliphatic rings. The van der Waals surface area contributed by atoms with E-state index in [9.17, 15) is 0 Å². The summed E-state index contributed by atoms with van der Waals surface area (Å²) in [6.07, 6.45) is 1.32. The molecule has 0 aromatic rings. The molecule has 0 aromatic heterocycles. The van der Waals surface area contributed by atoms with Crippen molar-refractivity contribution in [3.8, 4) is 0 Å². The Morgan fingerprint density at radius 3 is 1.88 bits per heavy atom. The van der Waals surface area contributed by atoms with E-state index in [0.29, 0.717) is 11.6 Å². The van der Waals surface area contributed by atoms with E-state index in [1.807, 2.05) is 0 Å². The molecule has 0 saturated carbocycles.